The molecule has 0 saturated heterocycles. The van der Waals surface area contributed by atoms with Crippen LogP contribution in [0.3, 0.4) is 0 Å². The first-order chi connectivity index (χ1) is 11.3. The van der Waals surface area contributed by atoms with E-state index >= 15 is 0 Å². The zero-order chi connectivity index (χ0) is 17.3. The minimum Gasteiger partial charge on any atom is -0.501 e. The van der Waals surface area contributed by atoms with Crippen molar-refractivity contribution in [3.05, 3.63) is 23.0 Å². The molecule has 0 unspecified atom stereocenters. The molecule has 1 N–H and O–H groups in total. The average Bonchev–Trinajstić information content (AvgIpc) is 2.73. The van der Waals surface area contributed by atoms with Gasteiger partial charge in [0.15, 0.2) is 0 Å². The Hall–Kier alpha value is -0.760. The Kier molecular flexibility index (Phi) is 3.73. The lowest BCUT2D eigenvalue weighted by atomic mass is 9.52. The number of hydrogen-bond donors (Lipinski definition) is 1. The minimum atomic E-state index is -0.148. The van der Waals surface area contributed by atoms with Gasteiger partial charge in [0.1, 0.15) is 0 Å². The van der Waals surface area contributed by atoms with Crippen molar-refractivity contribution in [1.82, 2.24) is 0 Å². The molecule has 134 valence electrons. The van der Waals surface area contributed by atoms with Crippen molar-refractivity contribution < 1.29 is 9.84 Å². The van der Waals surface area contributed by atoms with Crippen LogP contribution in [-0.4, -0.2) is 18.3 Å². The van der Waals surface area contributed by atoms with Crippen LogP contribution in [0.1, 0.15) is 66.2 Å². The Morgan fingerprint density at radius 3 is 2.71 bits per heavy atom. The lowest BCUT2D eigenvalue weighted by molar-refractivity contribution is -0.0615. The maximum atomic E-state index is 11.0. The predicted molar refractivity (Wildman–Crippen MR) is 97.3 cm³/mol. The van der Waals surface area contributed by atoms with E-state index < -0.39 is 0 Å². The third kappa shape index (κ3) is 2.18. The van der Waals surface area contributed by atoms with Gasteiger partial charge in [-0.25, -0.2) is 0 Å². The first-order valence-electron chi connectivity index (χ1n) is 9.90. The van der Waals surface area contributed by atoms with Gasteiger partial charge in [-0.3, -0.25) is 0 Å². The fourth-order valence-corrected chi connectivity index (χ4v) is 7.11. The van der Waals surface area contributed by atoms with Crippen molar-refractivity contribution in [3.63, 3.8) is 0 Å². The maximum Gasteiger partial charge on any atom is 0.0959 e. The van der Waals surface area contributed by atoms with E-state index in [4.69, 9.17) is 4.74 Å². The number of ether oxygens (including phenoxy) is 1. The SMILES string of the molecule is COC1=CCC2=C(C1)C[C@@H](C)[C@@H]1[C@@H]2CC[C@@]2(C)[C@@H]1CC(C)(C)[C@H]2O. The van der Waals surface area contributed by atoms with Crippen molar-refractivity contribution in [2.24, 2.45) is 34.5 Å². The van der Waals surface area contributed by atoms with E-state index in [0.29, 0.717) is 5.92 Å². The molecule has 0 heterocycles. The maximum absolute atomic E-state index is 11.0. The normalized spacial score (nSPS) is 46.8. The third-order valence-electron chi connectivity index (χ3n) is 8.21. The molecule has 24 heavy (non-hydrogen) atoms. The molecule has 0 bridgehead atoms. The van der Waals surface area contributed by atoms with Crippen LogP contribution in [-0.2, 0) is 4.74 Å². The summed E-state index contributed by atoms with van der Waals surface area (Å²) in [5.74, 6) is 4.08. The summed E-state index contributed by atoms with van der Waals surface area (Å²) < 4.78 is 5.53. The molecule has 0 aromatic carbocycles. The second-order valence-electron chi connectivity index (χ2n) is 10.00. The summed E-state index contributed by atoms with van der Waals surface area (Å²) in [5.41, 5.74) is 3.60. The molecule has 0 spiro atoms. The van der Waals surface area contributed by atoms with Gasteiger partial charge in [-0.15, -0.1) is 0 Å². The largest absolute Gasteiger partial charge is 0.501 e. The van der Waals surface area contributed by atoms with Crippen LogP contribution in [0.25, 0.3) is 0 Å². The van der Waals surface area contributed by atoms with Crippen molar-refractivity contribution in [2.75, 3.05) is 7.11 Å². The molecule has 2 saturated carbocycles. The second kappa shape index (κ2) is 5.37. The van der Waals surface area contributed by atoms with Gasteiger partial charge in [-0.2, -0.15) is 0 Å². The molecule has 0 radical (unpaired) electrons. The molecule has 2 nitrogen and oxygen atoms in total. The highest BCUT2D eigenvalue weighted by atomic mass is 16.5. The van der Waals surface area contributed by atoms with Gasteiger partial charge >= 0.3 is 0 Å². The van der Waals surface area contributed by atoms with Crippen LogP contribution < -0.4 is 0 Å². The molecule has 0 aromatic heterocycles. The summed E-state index contributed by atoms with van der Waals surface area (Å²) in [6.45, 7) is 9.41. The molecule has 0 aromatic rings. The predicted octanol–water partition coefficient (Wildman–Crippen LogP) is 5.09. The number of allylic oxidation sites excluding steroid dienone is 3. The first kappa shape index (κ1) is 16.7. The van der Waals surface area contributed by atoms with E-state index in [1.54, 1.807) is 18.3 Å². The summed E-state index contributed by atoms with van der Waals surface area (Å²) in [6.07, 6.45) is 9.19. The van der Waals surface area contributed by atoms with Gasteiger partial charge in [0.25, 0.3) is 0 Å². The van der Waals surface area contributed by atoms with Crippen molar-refractivity contribution >= 4 is 0 Å². The number of hydrogen-bond acceptors (Lipinski definition) is 2. The van der Waals surface area contributed by atoms with Gasteiger partial charge < -0.3 is 9.84 Å². The van der Waals surface area contributed by atoms with Crippen LogP contribution in [0.15, 0.2) is 23.0 Å². The minimum absolute atomic E-state index is 0.0678. The summed E-state index contributed by atoms with van der Waals surface area (Å²) in [4.78, 5) is 0. The van der Waals surface area contributed by atoms with Crippen LogP contribution >= 0.6 is 0 Å². The number of rotatable bonds is 1. The molecule has 6 atom stereocenters. The molecule has 4 rings (SSSR count). The lowest BCUT2D eigenvalue weighted by Crippen LogP contribution is -2.48. The van der Waals surface area contributed by atoms with E-state index in [9.17, 15) is 5.11 Å². The molecule has 0 aliphatic heterocycles. The molecular formula is C22H34O2. The summed E-state index contributed by atoms with van der Waals surface area (Å²) in [6, 6.07) is 0. The highest BCUT2D eigenvalue weighted by molar-refractivity contribution is 5.33. The fourth-order valence-electron chi connectivity index (χ4n) is 7.11. The topological polar surface area (TPSA) is 29.5 Å². The van der Waals surface area contributed by atoms with Crippen LogP contribution in [0.5, 0.6) is 0 Å². The molecular weight excluding hydrogens is 296 g/mol. The lowest BCUT2D eigenvalue weighted by Gasteiger charge is -2.53. The van der Waals surface area contributed by atoms with E-state index in [-0.39, 0.29) is 16.9 Å². The van der Waals surface area contributed by atoms with Crippen molar-refractivity contribution in [3.8, 4) is 0 Å². The third-order valence-corrected chi connectivity index (χ3v) is 8.21. The highest BCUT2D eigenvalue weighted by Crippen LogP contribution is 2.66. The Morgan fingerprint density at radius 2 is 2.00 bits per heavy atom. The number of aliphatic hydroxyl groups excluding tert-OH is 1. The van der Waals surface area contributed by atoms with Crippen molar-refractivity contribution in [1.29, 1.82) is 0 Å². The molecule has 0 amide bonds. The summed E-state index contributed by atoms with van der Waals surface area (Å²) >= 11 is 0. The Labute approximate surface area is 147 Å². The highest BCUT2D eigenvalue weighted by Gasteiger charge is 2.61. The average molecular weight is 331 g/mol. The zero-order valence-electron chi connectivity index (χ0n) is 16.1. The zero-order valence-corrected chi connectivity index (χ0v) is 16.1. The molecule has 4 aliphatic rings. The van der Waals surface area contributed by atoms with E-state index in [1.165, 1.54) is 25.7 Å². The van der Waals surface area contributed by atoms with Crippen LogP contribution in [0.2, 0.25) is 0 Å². The Balaban J connectivity index is 1.68. The standard InChI is InChI=1S/C22H34O2/c1-13-10-14-11-15(24-5)6-7-16(14)17-8-9-22(4)18(19(13)17)12-21(2,3)20(22)23/h6,13,17-20,23H,7-12H2,1-5H3/t13-,17-,18-,19-,20-,22+/m1/s1. The van der Waals surface area contributed by atoms with Gasteiger partial charge in [-0.05, 0) is 72.7 Å². The molecule has 2 fully saturated rings. The van der Waals surface area contributed by atoms with E-state index in [0.717, 1.165) is 36.4 Å². The van der Waals surface area contributed by atoms with Crippen molar-refractivity contribution in [2.45, 2.75) is 72.3 Å². The quantitative estimate of drug-likeness (QED) is 0.679. The monoisotopic (exact) mass is 330 g/mol. The molecule has 4 aliphatic carbocycles. The summed E-state index contributed by atoms with van der Waals surface area (Å²) in [7, 11) is 1.81. The number of methoxy groups -OCH3 is 1. The van der Waals surface area contributed by atoms with Gasteiger partial charge in [0, 0.05) is 6.42 Å². The van der Waals surface area contributed by atoms with Gasteiger partial charge in [0.2, 0.25) is 0 Å². The Morgan fingerprint density at radius 1 is 1.25 bits per heavy atom. The Bertz CT molecular complexity index is 599. The second-order valence-corrected chi connectivity index (χ2v) is 10.00. The van der Waals surface area contributed by atoms with Gasteiger partial charge in [-0.1, -0.05) is 38.8 Å². The smallest absolute Gasteiger partial charge is 0.0959 e. The number of fused-ring (bicyclic) bond motifs is 4. The van der Waals surface area contributed by atoms with E-state index in [2.05, 4.69) is 33.8 Å². The first-order valence-corrected chi connectivity index (χ1v) is 9.90. The summed E-state index contributed by atoms with van der Waals surface area (Å²) in [5, 5.41) is 11.0. The molecule has 2 heteroatoms. The van der Waals surface area contributed by atoms with Gasteiger partial charge in [0.05, 0.1) is 19.0 Å². The van der Waals surface area contributed by atoms with Crippen LogP contribution in [0, 0.1) is 34.5 Å². The van der Waals surface area contributed by atoms with Crippen LogP contribution in [0.4, 0.5) is 0 Å². The fraction of sp³-hybridized carbons (Fsp3) is 0.818. The number of aliphatic hydroxyl groups is 1. The van der Waals surface area contributed by atoms with E-state index in [1.807, 2.05) is 0 Å².